The van der Waals surface area contributed by atoms with Gasteiger partial charge in [-0.05, 0) is 6.42 Å². The average molecular weight is 145 g/mol. The van der Waals surface area contributed by atoms with E-state index in [0.29, 0.717) is 6.42 Å². The van der Waals surface area contributed by atoms with Gasteiger partial charge in [0.25, 0.3) is 0 Å². The molecular formula is C7H15NO2. The topological polar surface area (TPSA) is 63.3 Å². The van der Waals surface area contributed by atoms with E-state index in [0.717, 1.165) is 12.8 Å². The van der Waals surface area contributed by atoms with E-state index in [1.807, 2.05) is 6.92 Å². The second kappa shape index (κ2) is 5.23. The van der Waals surface area contributed by atoms with Crippen molar-refractivity contribution in [3.8, 4) is 0 Å². The monoisotopic (exact) mass is 145 g/mol. The number of carbonyl (C=O) groups is 1. The molecule has 0 unspecified atom stereocenters. The van der Waals surface area contributed by atoms with Crippen LogP contribution in [0.15, 0.2) is 0 Å². The lowest BCUT2D eigenvalue weighted by atomic mass is 10.0. The van der Waals surface area contributed by atoms with Gasteiger partial charge >= 0.3 is 5.97 Å². The maximum absolute atomic E-state index is 10.4. The summed E-state index contributed by atoms with van der Waals surface area (Å²) in [5, 5.41) is 8.52. The molecule has 0 heterocycles. The van der Waals surface area contributed by atoms with E-state index in [4.69, 9.17) is 10.8 Å². The highest BCUT2D eigenvalue weighted by Crippen LogP contribution is 2.06. The summed E-state index contributed by atoms with van der Waals surface area (Å²) in [5.74, 6) is -1.10. The zero-order valence-corrected chi connectivity index (χ0v) is 6.34. The lowest BCUT2D eigenvalue weighted by Gasteiger charge is -2.06. The molecule has 0 saturated carbocycles. The average Bonchev–Trinajstić information content (AvgIpc) is 1.89. The van der Waals surface area contributed by atoms with Crippen molar-refractivity contribution in [2.24, 2.45) is 11.7 Å². The number of rotatable bonds is 5. The second-order valence-electron chi connectivity index (χ2n) is 2.41. The van der Waals surface area contributed by atoms with Gasteiger partial charge in [-0.3, -0.25) is 4.79 Å². The predicted octanol–water partition coefficient (Wildman–Crippen LogP) is 0.836. The fourth-order valence-electron chi connectivity index (χ4n) is 0.793. The summed E-state index contributed by atoms with van der Waals surface area (Å²) >= 11 is 0. The van der Waals surface area contributed by atoms with E-state index < -0.39 is 5.97 Å². The number of aliphatic carboxylic acids is 1. The van der Waals surface area contributed by atoms with Crippen LogP contribution >= 0.6 is 0 Å². The van der Waals surface area contributed by atoms with Crippen LogP contribution in [-0.4, -0.2) is 17.6 Å². The van der Waals surface area contributed by atoms with Crippen LogP contribution in [0.5, 0.6) is 0 Å². The Hall–Kier alpha value is -0.570. The molecule has 0 aromatic heterocycles. The minimum atomic E-state index is -0.768. The van der Waals surface area contributed by atoms with Gasteiger partial charge in [0.1, 0.15) is 0 Å². The van der Waals surface area contributed by atoms with Crippen molar-refractivity contribution in [1.82, 2.24) is 0 Å². The molecule has 0 radical (unpaired) electrons. The smallest absolute Gasteiger partial charge is 0.307 e. The lowest BCUT2D eigenvalue weighted by Crippen LogP contribution is -2.22. The summed E-state index contributed by atoms with van der Waals surface area (Å²) in [4.78, 5) is 10.4. The molecule has 3 N–H and O–H groups in total. The first kappa shape index (κ1) is 9.43. The molecule has 0 fully saturated rings. The van der Waals surface area contributed by atoms with E-state index in [-0.39, 0.29) is 12.5 Å². The zero-order chi connectivity index (χ0) is 7.98. The number of hydrogen-bond donors (Lipinski definition) is 2. The molecule has 10 heavy (non-hydrogen) atoms. The van der Waals surface area contributed by atoms with E-state index in [1.54, 1.807) is 0 Å². The number of carboxylic acid groups (broad SMARTS) is 1. The minimum Gasteiger partial charge on any atom is -0.481 e. The van der Waals surface area contributed by atoms with Crippen molar-refractivity contribution in [3.05, 3.63) is 0 Å². The fraction of sp³-hybridized carbons (Fsp3) is 0.857. The van der Waals surface area contributed by atoms with Gasteiger partial charge in [-0.1, -0.05) is 19.8 Å². The standard InChI is InChI=1S/C7H15NO2/c1-2-3-4-6(5-8)7(9)10/h6H,2-5,8H2,1H3,(H,9,10)/t6-/m1/s1. The number of carboxylic acids is 1. The van der Waals surface area contributed by atoms with Gasteiger partial charge in [-0.25, -0.2) is 0 Å². The molecule has 0 saturated heterocycles. The Labute approximate surface area is 61.2 Å². The van der Waals surface area contributed by atoms with Gasteiger partial charge in [0, 0.05) is 6.54 Å². The summed E-state index contributed by atoms with van der Waals surface area (Å²) in [6.45, 7) is 2.30. The molecule has 0 spiro atoms. The summed E-state index contributed by atoms with van der Waals surface area (Å²) < 4.78 is 0. The molecule has 0 bridgehead atoms. The van der Waals surface area contributed by atoms with Gasteiger partial charge in [0.15, 0.2) is 0 Å². The molecule has 3 nitrogen and oxygen atoms in total. The van der Waals surface area contributed by atoms with Crippen LogP contribution in [0.2, 0.25) is 0 Å². The molecule has 3 heteroatoms. The Morgan fingerprint density at radius 1 is 1.70 bits per heavy atom. The van der Waals surface area contributed by atoms with Gasteiger partial charge < -0.3 is 10.8 Å². The molecule has 0 aliphatic carbocycles. The summed E-state index contributed by atoms with van der Waals surface area (Å²) in [6.07, 6.45) is 2.69. The third kappa shape index (κ3) is 3.45. The predicted molar refractivity (Wildman–Crippen MR) is 39.7 cm³/mol. The number of nitrogens with two attached hydrogens (primary N) is 1. The molecule has 0 aliphatic heterocycles. The Morgan fingerprint density at radius 3 is 2.60 bits per heavy atom. The quantitative estimate of drug-likeness (QED) is 0.602. The first-order valence-corrected chi connectivity index (χ1v) is 3.65. The summed E-state index contributed by atoms with van der Waals surface area (Å²) in [5.41, 5.74) is 5.23. The SMILES string of the molecule is CCCC[C@H](CN)C(=O)O. The summed E-state index contributed by atoms with van der Waals surface area (Å²) in [6, 6.07) is 0. The summed E-state index contributed by atoms with van der Waals surface area (Å²) in [7, 11) is 0. The minimum absolute atomic E-state index is 0.259. The highest BCUT2D eigenvalue weighted by Gasteiger charge is 2.13. The van der Waals surface area contributed by atoms with Crippen LogP contribution in [0, 0.1) is 5.92 Å². The molecule has 0 amide bonds. The number of unbranched alkanes of at least 4 members (excludes halogenated alkanes) is 1. The molecule has 60 valence electrons. The van der Waals surface area contributed by atoms with Gasteiger partial charge in [-0.2, -0.15) is 0 Å². The van der Waals surface area contributed by atoms with E-state index in [9.17, 15) is 4.79 Å². The lowest BCUT2D eigenvalue weighted by molar-refractivity contribution is -0.141. The number of hydrogen-bond acceptors (Lipinski definition) is 2. The largest absolute Gasteiger partial charge is 0.481 e. The molecule has 0 aliphatic rings. The van der Waals surface area contributed by atoms with Crippen molar-refractivity contribution in [1.29, 1.82) is 0 Å². The zero-order valence-electron chi connectivity index (χ0n) is 6.34. The molecule has 0 aromatic rings. The Morgan fingerprint density at radius 2 is 2.30 bits per heavy atom. The maximum atomic E-state index is 10.4. The van der Waals surface area contributed by atoms with E-state index in [1.165, 1.54) is 0 Å². The fourth-order valence-corrected chi connectivity index (χ4v) is 0.793. The van der Waals surface area contributed by atoms with Crippen molar-refractivity contribution in [2.45, 2.75) is 26.2 Å². The van der Waals surface area contributed by atoms with Crippen LogP contribution in [0.3, 0.4) is 0 Å². The maximum Gasteiger partial charge on any atom is 0.307 e. The third-order valence-electron chi connectivity index (χ3n) is 1.54. The Kier molecular flexibility index (Phi) is 4.94. The normalized spacial score (nSPS) is 13.0. The van der Waals surface area contributed by atoms with Gasteiger partial charge in [0.2, 0.25) is 0 Å². The van der Waals surface area contributed by atoms with Crippen LogP contribution in [0.25, 0.3) is 0 Å². The third-order valence-corrected chi connectivity index (χ3v) is 1.54. The van der Waals surface area contributed by atoms with E-state index >= 15 is 0 Å². The molecular weight excluding hydrogens is 130 g/mol. The van der Waals surface area contributed by atoms with Gasteiger partial charge in [0.05, 0.1) is 5.92 Å². The Balaban J connectivity index is 3.50. The second-order valence-corrected chi connectivity index (χ2v) is 2.41. The molecule has 1 atom stereocenters. The van der Waals surface area contributed by atoms with Crippen molar-refractivity contribution < 1.29 is 9.90 Å². The van der Waals surface area contributed by atoms with Crippen LogP contribution < -0.4 is 5.73 Å². The van der Waals surface area contributed by atoms with Crippen LogP contribution in [0.1, 0.15) is 26.2 Å². The Bertz CT molecular complexity index is 104. The molecule has 0 aromatic carbocycles. The van der Waals surface area contributed by atoms with Gasteiger partial charge in [-0.15, -0.1) is 0 Å². The highest BCUT2D eigenvalue weighted by atomic mass is 16.4. The van der Waals surface area contributed by atoms with Crippen molar-refractivity contribution in [3.63, 3.8) is 0 Å². The van der Waals surface area contributed by atoms with Crippen molar-refractivity contribution in [2.75, 3.05) is 6.54 Å². The van der Waals surface area contributed by atoms with E-state index in [2.05, 4.69) is 0 Å². The highest BCUT2D eigenvalue weighted by molar-refractivity contribution is 5.70. The van der Waals surface area contributed by atoms with Crippen LogP contribution in [-0.2, 0) is 4.79 Å². The molecule has 0 rings (SSSR count). The van der Waals surface area contributed by atoms with Crippen molar-refractivity contribution >= 4 is 5.97 Å². The first-order chi connectivity index (χ1) is 4.72. The van der Waals surface area contributed by atoms with Crippen LogP contribution in [0.4, 0.5) is 0 Å². The first-order valence-electron chi connectivity index (χ1n) is 3.65.